The smallest absolute Gasteiger partial charge is 0.191 e. The van der Waals surface area contributed by atoms with Gasteiger partial charge < -0.3 is 19.8 Å². The van der Waals surface area contributed by atoms with E-state index in [4.69, 9.17) is 9.15 Å². The first-order chi connectivity index (χ1) is 11.5. The van der Waals surface area contributed by atoms with Gasteiger partial charge in [-0.25, -0.2) is 4.99 Å². The van der Waals surface area contributed by atoms with Crippen molar-refractivity contribution in [1.82, 2.24) is 10.6 Å². The Morgan fingerprint density at radius 3 is 2.92 bits per heavy atom. The van der Waals surface area contributed by atoms with Crippen LogP contribution in [0.3, 0.4) is 0 Å². The summed E-state index contributed by atoms with van der Waals surface area (Å²) in [7, 11) is 0. The van der Waals surface area contributed by atoms with E-state index in [1.807, 2.05) is 19.1 Å². The SMILES string of the molecule is C=C(C)CN=C(NCCc1ccco1)NC1C2CCOC2C1(C)C.I. The number of furan rings is 1. The Hall–Kier alpha value is -1.02. The van der Waals surface area contributed by atoms with E-state index in [-0.39, 0.29) is 29.4 Å². The van der Waals surface area contributed by atoms with E-state index < -0.39 is 0 Å². The number of guanidine groups is 1. The molecule has 2 fully saturated rings. The first-order valence-electron chi connectivity index (χ1n) is 8.81. The second-order valence-electron chi connectivity index (χ2n) is 7.57. The van der Waals surface area contributed by atoms with Crippen molar-refractivity contribution < 1.29 is 9.15 Å². The molecule has 5 nitrogen and oxygen atoms in total. The number of fused-ring (bicyclic) bond motifs is 1. The van der Waals surface area contributed by atoms with Crippen LogP contribution < -0.4 is 10.6 Å². The summed E-state index contributed by atoms with van der Waals surface area (Å²) >= 11 is 0. The van der Waals surface area contributed by atoms with Gasteiger partial charge in [0.25, 0.3) is 0 Å². The van der Waals surface area contributed by atoms with Crippen molar-refractivity contribution in [3.63, 3.8) is 0 Å². The van der Waals surface area contributed by atoms with Crippen LogP contribution in [0.2, 0.25) is 0 Å². The second-order valence-corrected chi connectivity index (χ2v) is 7.57. The van der Waals surface area contributed by atoms with Crippen LogP contribution >= 0.6 is 24.0 Å². The lowest BCUT2D eigenvalue weighted by Crippen LogP contribution is -2.68. The lowest BCUT2D eigenvalue weighted by Gasteiger charge is -2.54. The highest BCUT2D eigenvalue weighted by Gasteiger charge is 2.59. The zero-order valence-corrected chi connectivity index (χ0v) is 17.7. The minimum Gasteiger partial charge on any atom is -0.469 e. The summed E-state index contributed by atoms with van der Waals surface area (Å²) in [5.74, 6) is 2.42. The molecule has 0 aromatic carbocycles. The maximum Gasteiger partial charge on any atom is 0.191 e. The van der Waals surface area contributed by atoms with Gasteiger partial charge in [-0.15, -0.1) is 24.0 Å². The van der Waals surface area contributed by atoms with Crippen LogP contribution in [0.25, 0.3) is 0 Å². The quantitative estimate of drug-likeness (QED) is 0.297. The molecule has 3 unspecified atom stereocenters. The lowest BCUT2D eigenvalue weighted by atomic mass is 9.57. The number of nitrogens with one attached hydrogen (secondary N) is 2. The number of hydrogen-bond acceptors (Lipinski definition) is 3. The Labute approximate surface area is 167 Å². The van der Waals surface area contributed by atoms with Crippen molar-refractivity contribution in [2.24, 2.45) is 16.3 Å². The molecule has 1 aromatic heterocycles. The molecule has 1 aliphatic carbocycles. The molecular formula is C19H30IN3O2. The largest absolute Gasteiger partial charge is 0.469 e. The number of ether oxygens (including phenoxy) is 1. The summed E-state index contributed by atoms with van der Waals surface area (Å²) < 4.78 is 11.3. The summed E-state index contributed by atoms with van der Waals surface area (Å²) in [5.41, 5.74) is 1.19. The van der Waals surface area contributed by atoms with Crippen molar-refractivity contribution in [2.45, 2.75) is 45.8 Å². The van der Waals surface area contributed by atoms with Crippen molar-refractivity contribution in [3.8, 4) is 0 Å². The molecule has 140 valence electrons. The fourth-order valence-corrected chi connectivity index (χ4v) is 3.89. The Kier molecular flexibility index (Phi) is 6.96. The van der Waals surface area contributed by atoms with E-state index in [1.54, 1.807) is 6.26 Å². The topological polar surface area (TPSA) is 58.8 Å². The molecule has 0 radical (unpaired) electrons. The van der Waals surface area contributed by atoms with Crippen molar-refractivity contribution in [3.05, 3.63) is 36.3 Å². The monoisotopic (exact) mass is 459 g/mol. The third-order valence-electron chi connectivity index (χ3n) is 5.14. The molecule has 3 rings (SSSR count). The van der Waals surface area contributed by atoms with Crippen LogP contribution in [0.1, 0.15) is 33.0 Å². The number of rotatable bonds is 6. The Balaban J connectivity index is 0.00000225. The molecule has 2 N–H and O–H groups in total. The van der Waals surface area contributed by atoms with E-state index >= 15 is 0 Å². The molecule has 1 aromatic rings. The summed E-state index contributed by atoms with van der Waals surface area (Å²) in [6, 6.07) is 4.31. The van der Waals surface area contributed by atoms with Gasteiger partial charge in [0.2, 0.25) is 0 Å². The van der Waals surface area contributed by atoms with E-state index in [9.17, 15) is 0 Å². The molecule has 0 amide bonds. The van der Waals surface area contributed by atoms with Crippen LogP contribution in [-0.4, -0.2) is 37.8 Å². The standard InChI is InChI=1S/C19H29N3O2.HI/c1-13(2)12-21-18(20-9-7-14-6-5-10-23-14)22-16-15-8-11-24-17(15)19(16,3)4;/h5-6,10,15-17H,1,7-9,11-12H2,2-4H3,(H2,20,21,22);1H. The summed E-state index contributed by atoms with van der Waals surface area (Å²) in [6.07, 6.45) is 4.05. The molecule has 2 aliphatic rings. The predicted octanol–water partition coefficient (Wildman–Crippen LogP) is 3.36. The van der Waals surface area contributed by atoms with Gasteiger partial charge in [-0.05, 0) is 25.5 Å². The average molecular weight is 459 g/mol. The summed E-state index contributed by atoms with van der Waals surface area (Å²) in [4.78, 5) is 4.67. The van der Waals surface area contributed by atoms with Gasteiger partial charge in [0.05, 0.1) is 18.9 Å². The van der Waals surface area contributed by atoms with Crippen LogP contribution in [0.4, 0.5) is 0 Å². The van der Waals surface area contributed by atoms with E-state index in [0.717, 1.165) is 43.3 Å². The molecule has 6 heteroatoms. The second kappa shape index (κ2) is 8.58. The van der Waals surface area contributed by atoms with E-state index in [2.05, 4.69) is 36.1 Å². The van der Waals surface area contributed by atoms with Gasteiger partial charge in [0, 0.05) is 36.9 Å². The average Bonchev–Trinajstić information content (AvgIpc) is 3.19. The lowest BCUT2D eigenvalue weighted by molar-refractivity contribution is -0.106. The molecule has 25 heavy (non-hydrogen) atoms. The zero-order chi connectivity index (χ0) is 17.2. The normalized spacial score (nSPS) is 27.0. The van der Waals surface area contributed by atoms with Crippen LogP contribution in [0.15, 0.2) is 40.0 Å². The van der Waals surface area contributed by atoms with Gasteiger partial charge in [0.15, 0.2) is 5.96 Å². The van der Waals surface area contributed by atoms with Crippen molar-refractivity contribution in [2.75, 3.05) is 19.7 Å². The number of halogens is 1. The van der Waals surface area contributed by atoms with Gasteiger partial charge in [-0.2, -0.15) is 0 Å². The molecule has 0 bridgehead atoms. The van der Waals surface area contributed by atoms with Crippen molar-refractivity contribution >= 4 is 29.9 Å². The molecule has 3 atom stereocenters. The maximum absolute atomic E-state index is 5.88. The fourth-order valence-electron chi connectivity index (χ4n) is 3.89. The van der Waals surface area contributed by atoms with Crippen LogP contribution in [0.5, 0.6) is 0 Å². The Morgan fingerprint density at radius 2 is 2.24 bits per heavy atom. The molecule has 1 aliphatic heterocycles. The van der Waals surface area contributed by atoms with Gasteiger partial charge in [0.1, 0.15) is 5.76 Å². The minimum absolute atomic E-state index is 0. The predicted molar refractivity (Wildman–Crippen MR) is 111 cm³/mol. The number of aliphatic imine (C=N–C) groups is 1. The Bertz CT molecular complexity index is 598. The highest BCUT2D eigenvalue weighted by atomic mass is 127. The third kappa shape index (κ3) is 4.58. The van der Waals surface area contributed by atoms with Gasteiger partial charge in [-0.3, -0.25) is 0 Å². The number of nitrogens with zero attached hydrogens (tertiary/aromatic N) is 1. The van der Waals surface area contributed by atoms with E-state index in [0.29, 0.717) is 24.6 Å². The minimum atomic E-state index is 0. The molecule has 1 saturated carbocycles. The third-order valence-corrected chi connectivity index (χ3v) is 5.14. The van der Waals surface area contributed by atoms with Crippen molar-refractivity contribution in [1.29, 1.82) is 0 Å². The van der Waals surface area contributed by atoms with Gasteiger partial charge in [-0.1, -0.05) is 26.0 Å². The number of hydrogen-bond donors (Lipinski definition) is 2. The maximum atomic E-state index is 5.88. The summed E-state index contributed by atoms with van der Waals surface area (Å²) in [5, 5.41) is 7.06. The highest BCUT2D eigenvalue weighted by molar-refractivity contribution is 14.0. The molecular weight excluding hydrogens is 429 g/mol. The Morgan fingerprint density at radius 1 is 1.44 bits per heavy atom. The fraction of sp³-hybridized carbons (Fsp3) is 0.632. The highest BCUT2D eigenvalue weighted by Crippen LogP contribution is 2.52. The molecule has 0 spiro atoms. The summed E-state index contributed by atoms with van der Waals surface area (Å²) in [6.45, 7) is 12.8. The van der Waals surface area contributed by atoms with E-state index in [1.165, 1.54) is 0 Å². The first-order valence-corrected chi connectivity index (χ1v) is 8.81. The zero-order valence-electron chi connectivity index (χ0n) is 15.4. The van der Waals surface area contributed by atoms with Crippen LogP contribution in [-0.2, 0) is 11.2 Å². The first kappa shape index (κ1) is 20.3. The molecule has 1 saturated heterocycles. The van der Waals surface area contributed by atoms with Gasteiger partial charge >= 0.3 is 0 Å². The molecule has 2 heterocycles. The van der Waals surface area contributed by atoms with Crippen LogP contribution in [0, 0.1) is 11.3 Å².